The molecule has 1 saturated carbocycles. The minimum absolute atomic E-state index is 0. The Kier molecular flexibility index (Phi) is 6.74. The van der Waals surface area contributed by atoms with E-state index in [-0.39, 0.29) is 31.0 Å². The molecule has 0 unspecified atom stereocenters. The number of nitrogens with two attached hydrogens (primary N) is 1. The number of carbonyl (C=O) groups is 1. The SMILES string of the molecule is Cl.NCC(=O)Nc1nc(-c2cccc(C3CCC(O)CC3)c2)cs1. The van der Waals surface area contributed by atoms with Crippen LogP contribution in [0.1, 0.15) is 37.2 Å². The average Bonchev–Trinajstić information content (AvgIpc) is 3.04. The fraction of sp³-hybridized carbons (Fsp3) is 0.412. The third kappa shape index (κ3) is 4.54. The van der Waals surface area contributed by atoms with Gasteiger partial charge in [0.25, 0.3) is 0 Å². The molecule has 1 aliphatic rings. The smallest absolute Gasteiger partial charge is 0.239 e. The number of nitrogens with one attached hydrogen (secondary N) is 1. The molecule has 4 N–H and O–H groups in total. The summed E-state index contributed by atoms with van der Waals surface area (Å²) in [7, 11) is 0. The highest BCUT2D eigenvalue weighted by Gasteiger charge is 2.21. The predicted octanol–water partition coefficient (Wildman–Crippen LogP) is 3.15. The number of aliphatic hydroxyl groups is 1. The molecule has 0 bridgehead atoms. The molecule has 2 aromatic rings. The molecule has 1 aliphatic carbocycles. The first-order valence-electron chi connectivity index (χ1n) is 7.89. The lowest BCUT2D eigenvalue weighted by molar-refractivity contribution is -0.114. The van der Waals surface area contributed by atoms with Gasteiger partial charge in [0.15, 0.2) is 5.13 Å². The number of carbonyl (C=O) groups excluding carboxylic acids is 1. The van der Waals surface area contributed by atoms with E-state index in [2.05, 4.69) is 22.4 Å². The molecule has 0 atom stereocenters. The summed E-state index contributed by atoms with van der Waals surface area (Å²) in [6, 6.07) is 8.40. The monoisotopic (exact) mass is 367 g/mol. The van der Waals surface area contributed by atoms with Crippen LogP contribution in [0.2, 0.25) is 0 Å². The van der Waals surface area contributed by atoms with E-state index in [9.17, 15) is 9.90 Å². The van der Waals surface area contributed by atoms with Crippen molar-refractivity contribution in [1.82, 2.24) is 4.98 Å². The van der Waals surface area contributed by atoms with Crippen molar-refractivity contribution in [2.75, 3.05) is 11.9 Å². The van der Waals surface area contributed by atoms with Crippen LogP contribution in [0.5, 0.6) is 0 Å². The summed E-state index contributed by atoms with van der Waals surface area (Å²) < 4.78 is 0. The second-order valence-corrected chi connectivity index (χ2v) is 6.78. The number of rotatable bonds is 4. The van der Waals surface area contributed by atoms with Gasteiger partial charge in [-0.05, 0) is 43.2 Å². The van der Waals surface area contributed by atoms with E-state index in [4.69, 9.17) is 5.73 Å². The number of nitrogens with zero attached hydrogens (tertiary/aromatic N) is 1. The van der Waals surface area contributed by atoms with Gasteiger partial charge in [0, 0.05) is 10.9 Å². The number of benzene rings is 1. The Labute approximate surface area is 151 Å². The van der Waals surface area contributed by atoms with Crippen LogP contribution in [0.4, 0.5) is 5.13 Å². The van der Waals surface area contributed by atoms with Gasteiger partial charge < -0.3 is 16.2 Å². The van der Waals surface area contributed by atoms with Gasteiger partial charge in [-0.25, -0.2) is 4.98 Å². The van der Waals surface area contributed by atoms with Gasteiger partial charge in [-0.2, -0.15) is 0 Å². The van der Waals surface area contributed by atoms with Gasteiger partial charge >= 0.3 is 0 Å². The first-order valence-corrected chi connectivity index (χ1v) is 8.77. The highest BCUT2D eigenvalue weighted by atomic mass is 35.5. The zero-order valence-corrected chi connectivity index (χ0v) is 14.9. The highest BCUT2D eigenvalue weighted by Crippen LogP contribution is 2.35. The second-order valence-electron chi connectivity index (χ2n) is 5.92. The fourth-order valence-corrected chi connectivity index (χ4v) is 3.73. The number of anilines is 1. The number of aromatic nitrogens is 1. The number of halogens is 1. The van der Waals surface area contributed by atoms with Gasteiger partial charge in [-0.15, -0.1) is 23.7 Å². The Morgan fingerprint density at radius 1 is 1.33 bits per heavy atom. The zero-order chi connectivity index (χ0) is 16.2. The Bertz CT molecular complexity index is 684. The molecule has 24 heavy (non-hydrogen) atoms. The molecule has 0 saturated heterocycles. The molecular formula is C17H22ClN3O2S. The number of amides is 1. The number of hydrogen-bond donors (Lipinski definition) is 3. The number of aliphatic hydroxyl groups excluding tert-OH is 1. The first-order chi connectivity index (χ1) is 11.2. The van der Waals surface area contributed by atoms with Crippen LogP contribution in [0.25, 0.3) is 11.3 Å². The molecule has 0 aliphatic heterocycles. The largest absolute Gasteiger partial charge is 0.393 e. The standard InChI is InChI=1S/C17H21N3O2S.ClH/c18-9-16(22)20-17-19-15(10-23-17)13-3-1-2-12(8-13)11-4-6-14(21)7-5-11;/h1-3,8,10-11,14,21H,4-7,9,18H2,(H,19,20,22);1H. The molecule has 1 aromatic carbocycles. The second kappa shape index (κ2) is 8.58. The van der Waals surface area contributed by atoms with E-state index in [1.54, 1.807) is 0 Å². The topological polar surface area (TPSA) is 88.2 Å². The molecule has 1 aromatic heterocycles. The maximum absolute atomic E-state index is 11.3. The lowest BCUT2D eigenvalue weighted by Gasteiger charge is -2.25. The summed E-state index contributed by atoms with van der Waals surface area (Å²) in [6.45, 7) is -0.0437. The molecule has 1 fully saturated rings. The summed E-state index contributed by atoms with van der Waals surface area (Å²) in [5, 5.41) is 14.8. The number of thiazole rings is 1. The fourth-order valence-electron chi connectivity index (χ4n) is 3.00. The van der Waals surface area contributed by atoms with Crippen LogP contribution in [-0.4, -0.2) is 28.6 Å². The van der Waals surface area contributed by atoms with Gasteiger partial charge in [0.2, 0.25) is 5.91 Å². The summed E-state index contributed by atoms with van der Waals surface area (Å²) in [5.41, 5.74) is 8.51. The highest BCUT2D eigenvalue weighted by molar-refractivity contribution is 7.14. The van der Waals surface area contributed by atoms with Crippen molar-refractivity contribution in [3.8, 4) is 11.3 Å². The molecular weight excluding hydrogens is 346 g/mol. The first kappa shape index (κ1) is 18.9. The molecule has 7 heteroatoms. The van der Waals surface area contributed by atoms with Crippen molar-refractivity contribution in [2.45, 2.75) is 37.7 Å². The van der Waals surface area contributed by atoms with Crippen molar-refractivity contribution >= 4 is 34.8 Å². The summed E-state index contributed by atoms with van der Waals surface area (Å²) in [4.78, 5) is 15.8. The summed E-state index contributed by atoms with van der Waals surface area (Å²) in [5.74, 6) is 0.272. The normalized spacial score (nSPS) is 20.2. The van der Waals surface area contributed by atoms with Crippen LogP contribution >= 0.6 is 23.7 Å². The minimum atomic E-state index is -0.236. The van der Waals surface area contributed by atoms with Crippen molar-refractivity contribution in [2.24, 2.45) is 5.73 Å². The van der Waals surface area contributed by atoms with Gasteiger partial charge in [0.05, 0.1) is 18.3 Å². The van der Waals surface area contributed by atoms with Crippen molar-refractivity contribution in [3.05, 3.63) is 35.2 Å². The zero-order valence-electron chi connectivity index (χ0n) is 13.3. The van der Waals surface area contributed by atoms with E-state index in [0.717, 1.165) is 36.9 Å². The summed E-state index contributed by atoms with van der Waals surface area (Å²) >= 11 is 1.40. The van der Waals surface area contributed by atoms with E-state index >= 15 is 0 Å². The molecule has 1 heterocycles. The van der Waals surface area contributed by atoms with Gasteiger partial charge in [-0.1, -0.05) is 18.2 Å². The average molecular weight is 368 g/mol. The van der Waals surface area contributed by atoms with E-state index in [0.29, 0.717) is 11.0 Å². The Hall–Kier alpha value is -1.47. The Morgan fingerprint density at radius 3 is 2.79 bits per heavy atom. The van der Waals surface area contributed by atoms with E-state index in [1.165, 1.54) is 16.9 Å². The predicted molar refractivity (Wildman–Crippen MR) is 99.7 cm³/mol. The van der Waals surface area contributed by atoms with Crippen LogP contribution in [0.15, 0.2) is 29.6 Å². The van der Waals surface area contributed by atoms with Crippen LogP contribution in [0.3, 0.4) is 0 Å². The lowest BCUT2D eigenvalue weighted by Crippen LogP contribution is -2.21. The molecule has 0 radical (unpaired) electrons. The summed E-state index contributed by atoms with van der Waals surface area (Å²) in [6.07, 6.45) is 3.67. The molecule has 3 rings (SSSR count). The third-order valence-electron chi connectivity index (χ3n) is 4.29. The Balaban J connectivity index is 0.00000208. The van der Waals surface area contributed by atoms with Crippen molar-refractivity contribution in [3.63, 3.8) is 0 Å². The van der Waals surface area contributed by atoms with Crippen LogP contribution in [-0.2, 0) is 4.79 Å². The molecule has 5 nitrogen and oxygen atoms in total. The minimum Gasteiger partial charge on any atom is -0.393 e. The van der Waals surface area contributed by atoms with Gasteiger partial charge in [0.1, 0.15) is 0 Å². The quantitative estimate of drug-likeness (QED) is 0.774. The van der Waals surface area contributed by atoms with Gasteiger partial charge in [-0.3, -0.25) is 4.79 Å². The molecule has 1 amide bonds. The third-order valence-corrected chi connectivity index (χ3v) is 5.04. The van der Waals surface area contributed by atoms with Crippen molar-refractivity contribution in [1.29, 1.82) is 0 Å². The maximum Gasteiger partial charge on any atom is 0.239 e. The molecule has 0 spiro atoms. The lowest BCUT2D eigenvalue weighted by atomic mass is 9.82. The van der Waals surface area contributed by atoms with Crippen LogP contribution < -0.4 is 11.1 Å². The molecule has 130 valence electrons. The Morgan fingerprint density at radius 2 is 2.08 bits per heavy atom. The van der Waals surface area contributed by atoms with E-state index < -0.39 is 0 Å². The number of hydrogen-bond acceptors (Lipinski definition) is 5. The van der Waals surface area contributed by atoms with Crippen molar-refractivity contribution < 1.29 is 9.90 Å². The van der Waals surface area contributed by atoms with E-state index in [1.807, 2.05) is 17.5 Å². The van der Waals surface area contributed by atoms with Crippen LogP contribution in [0, 0.1) is 0 Å². The maximum atomic E-state index is 11.3.